The minimum atomic E-state index is -0.872. The number of Topliss-reactive ketones (excluding diaryl/α,β-unsaturated/α-hetero) is 1. The fourth-order valence-electron chi connectivity index (χ4n) is 2.99. The summed E-state index contributed by atoms with van der Waals surface area (Å²) in [6, 6.07) is 14.7. The van der Waals surface area contributed by atoms with Gasteiger partial charge in [-0.3, -0.25) is 4.79 Å². The fourth-order valence-corrected chi connectivity index (χ4v) is 2.99. The van der Waals surface area contributed by atoms with Gasteiger partial charge in [0.15, 0.2) is 6.10 Å². The van der Waals surface area contributed by atoms with Crippen LogP contribution in [0, 0.1) is 6.92 Å². The SMILES string of the molecule is Cc1[nH]c2ccccc2c1C(=O)[C@@H](C)OC(=O)c1cccc(N(C)C)c1. The third kappa shape index (κ3) is 3.33. The molecule has 5 heteroatoms. The van der Waals surface area contributed by atoms with Gasteiger partial charge in [-0.2, -0.15) is 0 Å². The standard InChI is InChI=1S/C21H22N2O3/c1-13-19(17-10-5-6-11-18(17)22-13)20(24)14(2)26-21(25)15-8-7-9-16(12-15)23(3)4/h5-12,14,22H,1-4H3/t14-/m1/s1. The molecule has 26 heavy (non-hydrogen) atoms. The number of hydrogen-bond acceptors (Lipinski definition) is 4. The third-order valence-electron chi connectivity index (χ3n) is 4.39. The first-order chi connectivity index (χ1) is 12.4. The van der Waals surface area contributed by atoms with Gasteiger partial charge in [-0.1, -0.05) is 24.3 Å². The summed E-state index contributed by atoms with van der Waals surface area (Å²) in [7, 11) is 3.80. The summed E-state index contributed by atoms with van der Waals surface area (Å²) in [5.41, 5.74) is 3.56. The Kier molecular flexibility index (Phi) is 4.80. The van der Waals surface area contributed by atoms with E-state index >= 15 is 0 Å². The molecule has 0 aliphatic rings. The molecule has 3 rings (SSSR count). The van der Waals surface area contributed by atoms with E-state index in [-0.39, 0.29) is 5.78 Å². The molecule has 1 aromatic heterocycles. The van der Waals surface area contributed by atoms with E-state index in [1.807, 2.05) is 56.3 Å². The van der Waals surface area contributed by atoms with Crippen molar-refractivity contribution >= 4 is 28.3 Å². The first-order valence-electron chi connectivity index (χ1n) is 8.48. The van der Waals surface area contributed by atoms with Gasteiger partial charge < -0.3 is 14.6 Å². The molecule has 1 N–H and O–H groups in total. The summed E-state index contributed by atoms with van der Waals surface area (Å²) < 4.78 is 5.44. The number of ketones is 1. The predicted molar refractivity (Wildman–Crippen MR) is 103 cm³/mol. The monoisotopic (exact) mass is 350 g/mol. The van der Waals surface area contributed by atoms with Crippen molar-refractivity contribution in [2.45, 2.75) is 20.0 Å². The highest BCUT2D eigenvalue weighted by atomic mass is 16.5. The number of fused-ring (bicyclic) bond motifs is 1. The number of hydrogen-bond donors (Lipinski definition) is 1. The van der Waals surface area contributed by atoms with Gasteiger partial charge in [0.05, 0.1) is 5.56 Å². The zero-order chi connectivity index (χ0) is 18.8. The molecule has 0 radical (unpaired) electrons. The number of aryl methyl sites for hydroxylation is 1. The molecule has 0 aliphatic heterocycles. The van der Waals surface area contributed by atoms with Gasteiger partial charge in [-0.25, -0.2) is 4.79 Å². The molecule has 0 unspecified atom stereocenters. The zero-order valence-electron chi connectivity index (χ0n) is 15.4. The molecule has 134 valence electrons. The molecule has 5 nitrogen and oxygen atoms in total. The lowest BCUT2D eigenvalue weighted by molar-refractivity contribution is 0.0319. The number of esters is 1. The van der Waals surface area contributed by atoms with E-state index in [1.165, 1.54) is 0 Å². The summed E-state index contributed by atoms with van der Waals surface area (Å²) in [6.07, 6.45) is -0.872. The Balaban J connectivity index is 1.82. The van der Waals surface area contributed by atoms with Crippen molar-refractivity contribution in [2.75, 3.05) is 19.0 Å². The molecule has 0 bridgehead atoms. The number of H-pyrrole nitrogens is 1. The molecule has 0 spiro atoms. The summed E-state index contributed by atoms with van der Waals surface area (Å²) in [6.45, 7) is 3.46. The first-order valence-corrected chi connectivity index (χ1v) is 8.48. The van der Waals surface area contributed by atoms with E-state index in [2.05, 4.69) is 4.98 Å². The van der Waals surface area contributed by atoms with Crippen LogP contribution in [-0.4, -0.2) is 36.9 Å². The zero-order valence-corrected chi connectivity index (χ0v) is 15.4. The Morgan fingerprint density at radius 2 is 1.81 bits per heavy atom. The van der Waals surface area contributed by atoms with Crippen LogP contribution in [0.3, 0.4) is 0 Å². The Morgan fingerprint density at radius 3 is 2.54 bits per heavy atom. The second-order valence-corrected chi connectivity index (χ2v) is 6.53. The summed E-state index contributed by atoms with van der Waals surface area (Å²) in [5.74, 6) is -0.718. The van der Waals surface area contributed by atoms with Crippen molar-refractivity contribution in [3.05, 3.63) is 65.4 Å². The van der Waals surface area contributed by atoms with Crippen molar-refractivity contribution in [3.8, 4) is 0 Å². The number of para-hydroxylation sites is 1. The Labute approximate surface area is 152 Å². The second-order valence-electron chi connectivity index (χ2n) is 6.53. The third-order valence-corrected chi connectivity index (χ3v) is 4.39. The van der Waals surface area contributed by atoms with Crippen molar-refractivity contribution in [3.63, 3.8) is 0 Å². The van der Waals surface area contributed by atoms with Crippen LogP contribution in [0.25, 0.3) is 10.9 Å². The topological polar surface area (TPSA) is 62.4 Å². The first kappa shape index (κ1) is 17.7. The molecular weight excluding hydrogens is 328 g/mol. The number of carbonyl (C=O) groups is 2. The lowest BCUT2D eigenvalue weighted by Gasteiger charge is -2.15. The Morgan fingerprint density at radius 1 is 1.08 bits per heavy atom. The number of rotatable bonds is 5. The van der Waals surface area contributed by atoms with Crippen LogP contribution >= 0.6 is 0 Å². The van der Waals surface area contributed by atoms with Gasteiger partial charge in [-0.05, 0) is 38.1 Å². The van der Waals surface area contributed by atoms with E-state index < -0.39 is 12.1 Å². The number of carbonyl (C=O) groups excluding carboxylic acids is 2. The van der Waals surface area contributed by atoms with Crippen LogP contribution in [0.4, 0.5) is 5.69 Å². The predicted octanol–water partition coefficient (Wildman–Crippen LogP) is 3.97. The van der Waals surface area contributed by atoms with Gasteiger partial charge in [-0.15, -0.1) is 0 Å². The van der Waals surface area contributed by atoms with Crippen LogP contribution in [0.15, 0.2) is 48.5 Å². The molecule has 2 aromatic carbocycles. The van der Waals surface area contributed by atoms with Gasteiger partial charge >= 0.3 is 5.97 Å². The van der Waals surface area contributed by atoms with Crippen molar-refractivity contribution in [2.24, 2.45) is 0 Å². The van der Waals surface area contributed by atoms with E-state index in [0.717, 1.165) is 22.3 Å². The molecule has 0 aliphatic carbocycles. The van der Waals surface area contributed by atoms with Gasteiger partial charge in [0, 0.05) is 41.9 Å². The number of anilines is 1. The number of nitrogens with zero attached hydrogens (tertiary/aromatic N) is 1. The van der Waals surface area contributed by atoms with E-state index in [4.69, 9.17) is 4.74 Å². The van der Waals surface area contributed by atoms with E-state index in [0.29, 0.717) is 11.1 Å². The van der Waals surface area contributed by atoms with Crippen LogP contribution in [0.2, 0.25) is 0 Å². The van der Waals surface area contributed by atoms with Crippen LogP contribution in [-0.2, 0) is 4.74 Å². The Hall–Kier alpha value is -3.08. The number of benzene rings is 2. The second kappa shape index (κ2) is 7.04. The minimum Gasteiger partial charge on any atom is -0.451 e. The fraction of sp³-hybridized carbons (Fsp3) is 0.238. The van der Waals surface area contributed by atoms with Gasteiger partial charge in [0.2, 0.25) is 5.78 Å². The molecular formula is C21H22N2O3. The molecule has 0 fully saturated rings. The lowest BCUT2D eigenvalue weighted by Crippen LogP contribution is -2.25. The highest BCUT2D eigenvalue weighted by Crippen LogP contribution is 2.24. The summed E-state index contributed by atoms with van der Waals surface area (Å²) in [5, 5.41) is 0.840. The minimum absolute atomic E-state index is 0.211. The molecule has 1 heterocycles. The normalized spacial score (nSPS) is 12.0. The lowest BCUT2D eigenvalue weighted by atomic mass is 10.0. The largest absolute Gasteiger partial charge is 0.451 e. The average Bonchev–Trinajstić information content (AvgIpc) is 2.96. The maximum absolute atomic E-state index is 12.9. The highest BCUT2D eigenvalue weighted by Gasteiger charge is 2.25. The summed E-state index contributed by atoms with van der Waals surface area (Å²) >= 11 is 0. The van der Waals surface area contributed by atoms with Crippen molar-refractivity contribution in [1.82, 2.24) is 4.98 Å². The maximum Gasteiger partial charge on any atom is 0.338 e. The van der Waals surface area contributed by atoms with Crippen LogP contribution < -0.4 is 4.90 Å². The van der Waals surface area contributed by atoms with Gasteiger partial charge in [0.1, 0.15) is 0 Å². The number of ether oxygens (including phenoxy) is 1. The molecule has 0 saturated heterocycles. The molecule has 3 aromatic rings. The van der Waals surface area contributed by atoms with Crippen molar-refractivity contribution < 1.29 is 14.3 Å². The molecule has 1 atom stereocenters. The van der Waals surface area contributed by atoms with E-state index in [1.54, 1.807) is 25.1 Å². The van der Waals surface area contributed by atoms with Gasteiger partial charge in [0.25, 0.3) is 0 Å². The smallest absolute Gasteiger partial charge is 0.338 e. The molecule has 0 saturated carbocycles. The van der Waals surface area contributed by atoms with Crippen LogP contribution in [0.1, 0.15) is 33.3 Å². The summed E-state index contributed by atoms with van der Waals surface area (Å²) in [4.78, 5) is 30.4. The average molecular weight is 350 g/mol. The van der Waals surface area contributed by atoms with Crippen molar-refractivity contribution in [1.29, 1.82) is 0 Å². The highest BCUT2D eigenvalue weighted by molar-refractivity contribution is 6.11. The number of nitrogens with one attached hydrogen (secondary N) is 1. The Bertz CT molecular complexity index is 972. The van der Waals surface area contributed by atoms with Crippen LogP contribution in [0.5, 0.6) is 0 Å². The quantitative estimate of drug-likeness (QED) is 0.559. The molecule has 0 amide bonds. The number of aromatic amines is 1. The number of aromatic nitrogens is 1. The van der Waals surface area contributed by atoms with E-state index in [9.17, 15) is 9.59 Å². The maximum atomic E-state index is 12.9.